The maximum Gasteiger partial charge on any atom is 0.318 e. The van der Waals surface area contributed by atoms with Gasteiger partial charge in [-0.25, -0.2) is 4.79 Å². The quantitative estimate of drug-likeness (QED) is 0.944. The zero-order chi connectivity index (χ0) is 14.7. The molecular formula is C15H20N4OS. The Kier molecular flexibility index (Phi) is 4.24. The zero-order valence-electron chi connectivity index (χ0n) is 12.1. The van der Waals surface area contributed by atoms with Crippen LogP contribution in [0.15, 0.2) is 35.3 Å². The van der Waals surface area contributed by atoms with Crippen LogP contribution in [-0.4, -0.2) is 33.3 Å². The van der Waals surface area contributed by atoms with E-state index in [1.807, 2.05) is 28.8 Å². The van der Waals surface area contributed by atoms with E-state index in [1.165, 1.54) is 5.56 Å². The van der Waals surface area contributed by atoms with E-state index in [-0.39, 0.29) is 18.1 Å². The Balaban J connectivity index is 1.59. The summed E-state index contributed by atoms with van der Waals surface area (Å²) >= 11 is 1.69. The van der Waals surface area contributed by atoms with Crippen LogP contribution < -0.4 is 5.32 Å². The molecule has 1 aliphatic rings. The molecule has 0 spiro atoms. The van der Waals surface area contributed by atoms with Crippen molar-refractivity contribution in [2.24, 2.45) is 0 Å². The van der Waals surface area contributed by atoms with Gasteiger partial charge in [-0.05, 0) is 48.2 Å². The number of urea groups is 1. The molecule has 0 unspecified atom stereocenters. The van der Waals surface area contributed by atoms with Crippen LogP contribution in [-0.2, 0) is 6.54 Å². The molecule has 1 N–H and O–H groups in total. The third-order valence-electron chi connectivity index (χ3n) is 3.83. The predicted molar refractivity (Wildman–Crippen MR) is 83.2 cm³/mol. The van der Waals surface area contributed by atoms with Crippen LogP contribution in [0, 0.1) is 0 Å². The van der Waals surface area contributed by atoms with Gasteiger partial charge in [0.25, 0.3) is 0 Å². The van der Waals surface area contributed by atoms with Crippen molar-refractivity contribution in [3.8, 4) is 0 Å². The molecule has 0 bridgehead atoms. The van der Waals surface area contributed by atoms with Crippen LogP contribution in [0.1, 0.15) is 31.4 Å². The molecular weight excluding hydrogens is 284 g/mol. The lowest BCUT2D eigenvalue weighted by atomic mass is 10.1. The monoisotopic (exact) mass is 304 g/mol. The highest BCUT2D eigenvalue weighted by Gasteiger charge is 2.30. The molecule has 3 rings (SSSR count). The summed E-state index contributed by atoms with van der Waals surface area (Å²) in [6.07, 6.45) is 5.79. The number of aromatic nitrogens is 2. The first kappa shape index (κ1) is 14.1. The maximum absolute atomic E-state index is 12.5. The number of nitrogens with one attached hydrogen (secondary N) is 1. The van der Waals surface area contributed by atoms with Gasteiger partial charge in [-0.2, -0.15) is 16.4 Å². The summed E-state index contributed by atoms with van der Waals surface area (Å²) in [7, 11) is 0. The lowest BCUT2D eigenvalue weighted by Crippen LogP contribution is -2.44. The SMILES string of the molecule is C[C@@H](Cn1cccn1)NC(=O)N1CCC[C@H]1c1ccsc1. The number of amides is 2. The molecule has 1 aliphatic heterocycles. The molecule has 21 heavy (non-hydrogen) atoms. The van der Waals surface area contributed by atoms with Crippen molar-refractivity contribution >= 4 is 17.4 Å². The van der Waals surface area contributed by atoms with Crippen LogP contribution in [0.25, 0.3) is 0 Å². The fourth-order valence-electron chi connectivity index (χ4n) is 2.85. The maximum atomic E-state index is 12.5. The molecule has 0 aliphatic carbocycles. The molecule has 6 heteroatoms. The molecule has 2 aromatic heterocycles. The summed E-state index contributed by atoms with van der Waals surface area (Å²) in [5, 5.41) is 11.5. The fourth-order valence-corrected chi connectivity index (χ4v) is 3.56. The Morgan fingerprint density at radius 3 is 3.24 bits per heavy atom. The first-order valence-electron chi connectivity index (χ1n) is 7.30. The van der Waals surface area contributed by atoms with Gasteiger partial charge in [-0.1, -0.05) is 0 Å². The topological polar surface area (TPSA) is 50.2 Å². The van der Waals surface area contributed by atoms with Crippen molar-refractivity contribution in [3.05, 3.63) is 40.8 Å². The normalized spacial score (nSPS) is 19.7. The highest BCUT2D eigenvalue weighted by atomic mass is 32.1. The molecule has 1 fully saturated rings. The van der Waals surface area contributed by atoms with Gasteiger partial charge >= 0.3 is 6.03 Å². The van der Waals surface area contributed by atoms with E-state index in [2.05, 4.69) is 27.2 Å². The Labute approximate surface area is 128 Å². The predicted octanol–water partition coefficient (Wildman–Crippen LogP) is 2.88. The summed E-state index contributed by atoms with van der Waals surface area (Å²) in [6, 6.07) is 4.33. The molecule has 0 saturated carbocycles. The van der Waals surface area contributed by atoms with Crippen molar-refractivity contribution in [2.45, 2.75) is 38.4 Å². The Morgan fingerprint density at radius 2 is 2.52 bits per heavy atom. The van der Waals surface area contributed by atoms with Crippen molar-refractivity contribution in [1.82, 2.24) is 20.0 Å². The molecule has 0 aromatic carbocycles. The first-order valence-corrected chi connectivity index (χ1v) is 8.25. The number of likely N-dealkylation sites (tertiary alicyclic amines) is 1. The van der Waals surface area contributed by atoms with Crippen LogP contribution in [0.2, 0.25) is 0 Å². The Morgan fingerprint density at radius 1 is 1.62 bits per heavy atom. The van der Waals surface area contributed by atoms with E-state index in [0.717, 1.165) is 19.4 Å². The van der Waals surface area contributed by atoms with Gasteiger partial charge in [0, 0.05) is 25.0 Å². The van der Waals surface area contributed by atoms with Gasteiger partial charge in [0.15, 0.2) is 0 Å². The first-order chi connectivity index (χ1) is 10.2. The van der Waals surface area contributed by atoms with Gasteiger partial charge < -0.3 is 10.2 Å². The third-order valence-corrected chi connectivity index (χ3v) is 4.53. The van der Waals surface area contributed by atoms with E-state index in [4.69, 9.17) is 0 Å². The van der Waals surface area contributed by atoms with E-state index >= 15 is 0 Å². The minimum Gasteiger partial charge on any atom is -0.334 e. The second kappa shape index (κ2) is 6.30. The summed E-state index contributed by atoms with van der Waals surface area (Å²) in [5.41, 5.74) is 1.26. The number of carbonyl (C=O) groups is 1. The number of thiophene rings is 1. The van der Waals surface area contributed by atoms with Crippen LogP contribution in [0.3, 0.4) is 0 Å². The van der Waals surface area contributed by atoms with Crippen molar-refractivity contribution in [1.29, 1.82) is 0 Å². The molecule has 0 radical (unpaired) electrons. The molecule has 5 nitrogen and oxygen atoms in total. The summed E-state index contributed by atoms with van der Waals surface area (Å²) < 4.78 is 1.84. The standard InChI is InChI=1S/C15H20N4OS/c1-12(10-18-7-3-6-16-18)17-15(20)19-8-2-4-14(19)13-5-9-21-11-13/h3,5-7,9,11-12,14H,2,4,8,10H2,1H3,(H,17,20)/t12-,14-/m0/s1. The highest BCUT2D eigenvalue weighted by Crippen LogP contribution is 2.32. The minimum atomic E-state index is 0.0309. The van der Waals surface area contributed by atoms with Gasteiger partial charge in [-0.15, -0.1) is 0 Å². The number of nitrogens with zero attached hydrogens (tertiary/aromatic N) is 3. The smallest absolute Gasteiger partial charge is 0.318 e. The molecule has 2 amide bonds. The highest BCUT2D eigenvalue weighted by molar-refractivity contribution is 7.07. The lowest BCUT2D eigenvalue weighted by Gasteiger charge is -2.26. The van der Waals surface area contributed by atoms with Crippen molar-refractivity contribution < 1.29 is 4.79 Å². The number of rotatable bonds is 4. The third kappa shape index (κ3) is 3.26. The Hall–Kier alpha value is -1.82. The summed E-state index contributed by atoms with van der Waals surface area (Å²) in [4.78, 5) is 14.4. The Bertz CT molecular complexity index is 567. The van der Waals surface area contributed by atoms with Crippen LogP contribution in [0.5, 0.6) is 0 Å². The summed E-state index contributed by atoms with van der Waals surface area (Å²) in [5.74, 6) is 0. The van der Waals surface area contributed by atoms with E-state index < -0.39 is 0 Å². The van der Waals surface area contributed by atoms with Gasteiger partial charge in [0.2, 0.25) is 0 Å². The summed E-state index contributed by atoms with van der Waals surface area (Å²) in [6.45, 7) is 3.53. The molecule has 112 valence electrons. The van der Waals surface area contributed by atoms with E-state index in [9.17, 15) is 4.79 Å². The molecule has 2 aromatic rings. The largest absolute Gasteiger partial charge is 0.334 e. The molecule has 2 atom stereocenters. The average Bonchev–Trinajstić information content (AvgIpc) is 3.20. The fraction of sp³-hybridized carbons (Fsp3) is 0.467. The second-order valence-corrected chi connectivity index (χ2v) is 6.27. The van der Waals surface area contributed by atoms with Gasteiger partial charge in [0.05, 0.1) is 12.6 Å². The second-order valence-electron chi connectivity index (χ2n) is 5.49. The van der Waals surface area contributed by atoms with Crippen LogP contribution >= 0.6 is 11.3 Å². The lowest BCUT2D eigenvalue weighted by molar-refractivity contribution is 0.188. The van der Waals surface area contributed by atoms with Crippen LogP contribution in [0.4, 0.5) is 4.79 Å². The number of hydrogen-bond donors (Lipinski definition) is 1. The number of hydrogen-bond acceptors (Lipinski definition) is 3. The molecule has 1 saturated heterocycles. The number of carbonyl (C=O) groups excluding carboxylic acids is 1. The van der Waals surface area contributed by atoms with Crippen molar-refractivity contribution in [2.75, 3.05) is 6.54 Å². The van der Waals surface area contributed by atoms with Crippen molar-refractivity contribution in [3.63, 3.8) is 0 Å². The minimum absolute atomic E-state index is 0.0309. The molecule has 3 heterocycles. The van der Waals surface area contributed by atoms with E-state index in [1.54, 1.807) is 17.5 Å². The zero-order valence-corrected chi connectivity index (χ0v) is 12.9. The average molecular weight is 304 g/mol. The van der Waals surface area contributed by atoms with Gasteiger partial charge in [-0.3, -0.25) is 4.68 Å². The van der Waals surface area contributed by atoms with E-state index in [0.29, 0.717) is 6.54 Å². The van der Waals surface area contributed by atoms with Gasteiger partial charge in [0.1, 0.15) is 0 Å².